The quantitative estimate of drug-likeness (QED) is 0.810. The summed E-state index contributed by atoms with van der Waals surface area (Å²) in [6.45, 7) is 4.90. The molecule has 0 aromatic heterocycles. The van der Waals surface area contributed by atoms with Crippen molar-refractivity contribution in [3.05, 3.63) is 58.4 Å². The molecule has 2 rings (SSSR count). The highest BCUT2D eigenvalue weighted by Gasteiger charge is 2.18. The van der Waals surface area contributed by atoms with E-state index in [1.165, 1.54) is 24.8 Å². The van der Waals surface area contributed by atoms with Gasteiger partial charge in [-0.2, -0.15) is 0 Å². The van der Waals surface area contributed by atoms with Gasteiger partial charge in [0.25, 0.3) is 0 Å². The van der Waals surface area contributed by atoms with Crippen LogP contribution in [0.3, 0.4) is 0 Å². The Bertz CT molecular complexity index is 932. The van der Waals surface area contributed by atoms with Crippen molar-refractivity contribution in [2.24, 2.45) is 0 Å². The van der Waals surface area contributed by atoms with Gasteiger partial charge in [-0.15, -0.1) is 0 Å². The predicted molar refractivity (Wildman–Crippen MR) is 101 cm³/mol. The van der Waals surface area contributed by atoms with Gasteiger partial charge in [-0.25, -0.2) is 17.5 Å². The zero-order chi connectivity index (χ0) is 19.5. The molecule has 0 unspecified atom stereocenters. The number of carbonyl (C=O) groups excluding carboxylic acids is 1. The highest BCUT2D eigenvalue weighted by atomic mass is 35.5. The van der Waals surface area contributed by atoms with Gasteiger partial charge in [0.2, 0.25) is 15.9 Å². The third-order valence-electron chi connectivity index (χ3n) is 3.90. The van der Waals surface area contributed by atoms with E-state index in [9.17, 15) is 17.6 Å². The monoisotopic (exact) mass is 398 g/mol. The largest absolute Gasteiger partial charge is 0.311 e. The van der Waals surface area contributed by atoms with Crippen LogP contribution in [0.15, 0.2) is 41.3 Å². The molecule has 0 spiro atoms. The van der Waals surface area contributed by atoms with Crippen LogP contribution in [0.5, 0.6) is 0 Å². The Morgan fingerprint density at radius 2 is 1.85 bits per heavy atom. The maximum atomic E-state index is 13.2. The van der Waals surface area contributed by atoms with E-state index < -0.39 is 15.8 Å². The summed E-state index contributed by atoms with van der Waals surface area (Å²) in [4.78, 5) is 13.4. The highest BCUT2D eigenvalue weighted by molar-refractivity contribution is 7.89. The van der Waals surface area contributed by atoms with Crippen molar-refractivity contribution < 1.29 is 17.6 Å². The molecule has 0 fully saturated rings. The van der Waals surface area contributed by atoms with E-state index in [2.05, 4.69) is 4.72 Å². The van der Waals surface area contributed by atoms with Crippen LogP contribution in [-0.4, -0.2) is 27.4 Å². The molecule has 0 saturated heterocycles. The molecule has 26 heavy (non-hydrogen) atoms. The minimum absolute atomic E-state index is 0.00419. The molecule has 1 N–H and O–H groups in total. The number of carbonyl (C=O) groups is 1. The Morgan fingerprint density at radius 1 is 1.15 bits per heavy atom. The number of rotatable bonds is 6. The Balaban J connectivity index is 2.12. The second kappa shape index (κ2) is 8.16. The summed E-state index contributed by atoms with van der Waals surface area (Å²) in [5.41, 5.74) is 1.78. The van der Waals surface area contributed by atoms with Gasteiger partial charge in [-0.3, -0.25) is 4.79 Å². The van der Waals surface area contributed by atoms with Crippen molar-refractivity contribution in [1.29, 1.82) is 0 Å². The first-order valence-electron chi connectivity index (χ1n) is 7.92. The van der Waals surface area contributed by atoms with Gasteiger partial charge in [0, 0.05) is 30.7 Å². The fourth-order valence-electron chi connectivity index (χ4n) is 2.50. The topological polar surface area (TPSA) is 66.5 Å². The summed E-state index contributed by atoms with van der Waals surface area (Å²) >= 11 is 6.10. The van der Waals surface area contributed by atoms with Crippen molar-refractivity contribution in [1.82, 2.24) is 4.72 Å². The normalized spacial score (nSPS) is 11.4. The lowest BCUT2D eigenvalue weighted by atomic mass is 10.2. The third kappa shape index (κ3) is 4.81. The molecule has 2 aromatic rings. The van der Waals surface area contributed by atoms with E-state index >= 15 is 0 Å². The molecule has 2 aromatic carbocycles. The summed E-state index contributed by atoms with van der Waals surface area (Å²) in [6, 6.07) is 8.68. The molecular formula is C18H20ClFN2O3S. The molecule has 0 radical (unpaired) electrons. The Hall–Kier alpha value is -1.96. The summed E-state index contributed by atoms with van der Waals surface area (Å²) in [5.74, 6) is -0.734. The first-order chi connectivity index (χ1) is 12.1. The van der Waals surface area contributed by atoms with Crippen molar-refractivity contribution in [3.8, 4) is 0 Å². The van der Waals surface area contributed by atoms with Gasteiger partial charge < -0.3 is 4.90 Å². The van der Waals surface area contributed by atoms with Crippen LogP contribution in [0.4, 0.5) is 10.1 Å². The van der Waals surface area contributed by atoms with Crippen LogP contribution in [0.25, 0.3) is 0 Å². The number of anilines is 1. The predicted octanol–water partition coefficient (Wildman–Crippen LogP) is 3.43. The van der Waals surface area contributed by atoms with E-state index in [1.807, 2.05) is 6.92 Å². The van der Waals surface area contributed by atoms with E-state index in [4.69, 9.17) is 11.6 Å². The highest BCUT2D eigenvalue weighted by Crippen LogP contribution is 2.23. The second-order valence-electron chi connectivity index (χ2n) is 5.91. The number of aryl methyl sites for hydroxylation is 2. The number of sulfonamides is 1. The number of halogens is 2. The summed E-state index contributed by atoms with van der Waals surface area (Å²) in [7, 11) is -3.81. The number of nitrogens with zero attached hydrogens (tertiary/aromatic N) is 1. The molecule has 0 aliphatic heterocycles. The molecule has 5 nitrogen and oxygen atoms in total. The van der Waals surface area contributed by atoms with Gasteiger partial charge in [0.05, 0.1) is 4.90 Å². The van der Waals surface area contributed by atoms with Crippen LogP contribution in [0.1, 0.15) is 18.1 Å². The van der Waals surface area contributed by atoms with Gasteiger partial charge in [0.1, 0.15) is 5.82 Å². The summed E-state index contributed by atoms with van der Waals surface area (Å²) < 4.78 is 40.4. The fourth-order valence-corrected chi connectivity index (χ4v) is 3.92. The summed E-state index contributed by atoms with van der Waals surface area (Å²) in [6.07, 6.45) is 0. The first-order valence-corrected chi connectivity index (χ1v) is 9.78. The average Bonchev–Trinajstić information content (AvgIpc) is 2.53. The molecule has 1 amide bonds. The molecule has 8 heteroatoms. The Labute approximate surface area is 157 Å². The minimum atomic E-state index is -3.81. The maximum absolute atomic E-state index is 13.2. The van der Waals surface area contributed by atoms with E-state index in [0.29, 0.717) is 16.3 Å². The summed E-state index contributed by atoms with van der Waals surface area (Å²) in [5, 5.41) is 0.524. The van der Waals surface area contributed by atoms with Crippen LogP contribution in [-0.2, 0) is 14.8 Å². The number of hydrogen-bond acceptors (Lipinski definition) is 3. The lowest BCUT2D eigenvalue weighted by molar-refractivity contribution is -0.116. The molecule has 0 saturated carbocycles. The molecule has 140 valence electrons. The van der Waals surface area contributed by atoms with Crippen molar-refractivity contribution in [2.45, 2.75) is 25.7 Å². The molecule has 0 aliphatic rings. The van der Waals surface area contributed by atoms with Gasteiger partial charge >= 0.3 is 0 Å². The van der Waals surface area contributed by atoms with E-state index in [1.54, 1.807) is 18.2 Å². The average molecular weight is 399 g/mol. The van der Waals surface area contributed by atoms with Crippen LogP contribution < -0.4 is 9.62 Å². The number of amides is 1. The van der Waals surface area contributed by atoms with Crippen LogP contribution >= 0.6 is 11.6 Å². The maximum Gasteiger partial charge on any atom is 0.240 e. The van der Waals surface area contributed by atoms with Crippen molar-refractivity contribution in [2.75, 3.05) is 18.0 Å². The first kappa shape index (κ1) is 20.4. The standard InChI is InChI=1S/C18H20ClFN2O3S/c1-12-4-6-16(11-17(12)19)22(14(3)23)9-8-21-26(24,25)18-7-5-15(20)10-13(18)2/h4-7,10-11,21H,8-9H2,1-3H3. The van der Waals surface area contributed by atoms with Crippen molar-refractivity contribution in [3.63, 3.8) is 0 Å². The molecule has 0 atom stereocenters. The SMILES string of the molecule is CC(=O)N(CCNS(=O)(=O)c1ccc(F)cc1C)c1ccc(C)c(Cl)c1. The third-order valence-corrected chi connectivity index (χ3v) is 5.93. The molecular weight excluding hydrogens is 379 g/mol. The lowest BCUT2D eigenvalue weighted by Crippen LogP contribution is -2.37. The number of benzene rings is 2. The van der Waals surface area contributed by atoms with Gasteiger partial charge in [-0.05, 0) is 55.3 Å². The Morgan fingerprint density at radius 3 is 2.42 bits per heavy atom. The Kier molecular flexibility index (Phi) is 6.39. The van der Waals surface area contributed by atoms with Gasteiger partial charge in [0.15, 0.2) is 0 Å². The lowest BCUT2D eigenvalue weighted by Gasteiger charge is -2.22. The molecule has 0 aliphatic carbocycles. The molecule has 0 bridgehead atoms. The number of hydrogen-bond donors (Lipinski definition) is 1. The van der Waals surface area contributed by atoms with Crippen LogP contribution in [0, 0.1) is 19.7 Å². The number of nitrogens with one attached hydrogen (secondary N) is 1. The zero-order valence-corrected chi connectivity index (χ0v) is 16.3. The second-order valence-corrected chi connectivity index (χ2v) is 8.05. The minimum Gasteiger partial charge on any atom is -0.311 e. The van der Waals surface area contributed by atoms with E-state index in [0.717, 1.165) is 17.7 Å². The fraction of sp³-hybridized carbons (Fsp3) is 0.278. The smallest absolute Gasteiger partial charge is 0.240 e. The van der Waals surface area contributed by atoms with Gasteiger partial charge in [-0.1, -0.05) is 17.7 Å². The van der Waals surface area contributed by atoms with Crippen molar-refractivity contribution >= 4 is 33.2 Å². The van der Waals surface area contributed by atoms with E-state index in [-0.39, 0.29) is 23.9 Å². The molecule has 0 heterocycles. The van der Waals surface area contributed by atoms with Crippen LogP contribution in [0.2, 0.25) is 5.02 Å². The zero-order valence-electron chi connectivity index (χ0n) is 14.7.